The number of halogens is 2. The summed E-state index contributed by atoms with van der Waals surface area (Å²) >= 11 is 1.62. The van der Waals surface area contributed by atoms with Gasteiger partial charge >= 0.3 is 0 Å². The maximum absolute atomic E-state index is 13.8. The average Bonchev–Trinajstić information content (AvgIpc) is 3.30. The number of hydrogen-bond donors (Lipinski definition) is 3. The molecule has 3 aromatic rings. The van der Waals surface area contributed by atoms with Gasteiger partial charge in [-0.25, -0.2) is 13.1 Å². The SMILES string of the molecule is CCc1cccc(CNC[C@@H](O)[C@H](Cc2cc(F)cc(F)c2)NC(=O)c2ccc3c(c2)SN(CC)C3)c1. The summed E-state index contributed by atoms with van der Waals surface area (Å²) in [6, 6.07) is 16.3. The van der Waals surface area contributed by atoms with Crippen molar-refractivity contribution in [3.8, 4) is 0 Å². The molecule has 5 nitrogen and oxygen atoms in total. The molecule has 1 aliphatic rings. The van der Waals surface area contributed by atoms with E-state index in [-0.39, 0.29) is 18.9 Å². The molecule has 0 saturated heterocycles. The number of rotatable bonds is 11. The summed E-state index contributed by atoms with van der Waals surface area (Å²) in [5.41, 5.74) is 4.34. The highest BCUT2D eigenvalue weighted by molar-refractivity contribution is 7.97. The topological polar surface area (TPSA) is 64.6 Å². The third kappa shape index (κ3) is 7.38. The Balaban J connectivity index is 1.46. The number of aryl methyl sites for hydroxylation is 1. The van der Waals surface area contributed by atoms with Gasteiger partial charge in [0, 0.05) is 42.7 Å². The predicted molar refractivity (Wildman–Crippen MR) is 143 cm³/mol. The van der Waals surface area contributed by atoms with E-state index in [1.165, 1.54) is 23.3 Å². The lowest BCUT2D eigenvalue weighted by Crippen LogP contribution is -2.48. The van der Waals surface area contributed by atoms with Crippen LogP contribution in [-0.2, 0) is 25.9 Å². The molecule has 37 heavy (non-hydrogen) atoms. The third-order valence-corrected chi connectivity index (χ3v) is 7.72. The number of nitrogens with zero attached hydrogens (tertiary/aromatic N) is 1. The van der Waals surface area contributed by atoms with E-state index in [9.17, 15) is 18.7 Å². The van der Waals surface area contributed by atoms with Crippen molar-refractivity contribution in [2.24, 2.45) is 0 Å². The Hall–Kier alpha value is -2.78. The summed E-state index contributed by atoms with van der Waals surface area (Å²) in [5, 5.41) is 17.2. The molecule has 0 unspecified atom stereocenters. The summed E-state index contributed by atoms with van der Waals surface area (Å²) in [5.74, 6) is -1.73. The number of carbonyl (C=O) groups is 1. The molecule has 1 heterocycles. The van der Waals surface area contributed by atoms with E-state index in [2.05, 4.69) is 40.9 Å². The van der Waals surface area contributed by atoms with E-state index in [4.69, 9.17) is 0 Å². The summed E-state index contributed by atoms with van der Waals surface area (Å²) < 4.78 is 29.9. The van der Waals surface area contributed by atoms with Gasteiger partial charge in [-0.2, -0.15) is 0 Å². The molecule has 1 amide bonds. The molecule has 0 bridgehead atoms. The van der Waals surface area contributed by atoms with E-state index >= 15 is 0 Å². The Morgan fingerprint density at radius 1 is 1.03 bits per heavy atom. The fraction of sp³-hybridized carbons (Fsp3) is 0.345. The van der Waals surface area contributed by atoms with Crippen LogP contribution in [0.4, 0.5) is 8.78 Å². The standard InChI is InChI=1S/C29H33F2N3O2S/c1-3-19-6-5-7-20(10-19)16-32-17-27(35)26(13-21-11-24(30)15-25(31)12-21)33-29(36)22-8-9-23-18-34(4-2)37-28(23)14-22/h5-12,14-15,26-27,32,35H,3-4,13,16-18H2,1-2H3,(H,33,36)/t26-,27+/m0/s1. The van der Waals surface area contributed by atoms with E-state index in [0.717, 1.165) is 36.0 Å². The fourth-order valence-corrected chi connectivity index (χ4v) is 5.47. The van der Waals surface area contributed by atoms with E-state index < -0.39 is 23.8 Å². The molecule has 4 rings (SSSR count). The van der Waals surface area contributed by atoms with Gasteiger partial charge in [0.2, 0.25) is 0 Å². The smallest absolute Gasteiger partial charge is 0.251 e. The highest BCUT2D eigenvalue weighted by Crippen LogP contribution is 2.36. The quantitative estimate of drug-likeness (QED) is 0.312. The lowest BCUT2D eigenvalue weighted by molar-refractivity contribution is 0.0829. The highest BCUT2D eigenvalue weighted by atomic mass is 32.2. The normalized spacial score (nSPS) is 14.8. The minimum Gasteiger partial charge on any atom is -0.390 e. The summed E-state index contributed by atoms with van der Waals surface area (Å²) in [7, 11) is 0. The zero-order valence-electron chi connectivity index (χ0n) is 21.1. The summed E-state index contributed by atoms with van der Waals surface area (Å²) in [6.45, 7) is 6.66. The number of benzene rings is 3. The minimum atomic E-state index is -0.982. The van der Waals surface area contributed by atoms with Gasteiger partial charge in [0.1, 0.15) is 11.6 Å². The van der Waals surface area contributed by atoms with Crippen molar-refractivity contribution in [3.63, 3.8) is 0 Å². The van der Waals surface area contributed by atoms with Crippen LogP contribution in [0.5, 0.6) is 0 Å². The molecule has 0 spiro atoms. The number of amides is 1. The van der Waals surface area contributed by atoms with Crippen LogP contribution in [0.25, 0.3) is 0 Å². The second-order valence-corrected chi connectivity index (χ2v) is 10.4. The number of aliphatic hydroxyl groups is 1. The molecule has 0 radical (unpaired) electrons. The fourth-order valence-electron chi connectivity index (χ4n) is 4.43. The molecule has 0 aromatic heterocycles. The van der Waals surface area contributed by atoms with Gasteiger partial charge in [0.05, 0.1) is 12.1 Å². The number of hydrogen-bond acceptors (Lipinski definition) is 5. The summed E-state index contributed by atoms with van der Waals surface area (Å²) in [6.07, 6.45) is 0.0358. The van der Waals surface area contributed by atoms with Crippen molar-refractivity contribution in [1.29, 1.82) is 0 Å². The average molecular weight is 526 g/mol. The van der Waals surface area contributed by atoms with Crippen LogP contribution in [0.1, 0.15) is 46.5 Å². The minimum absolute atomic E-state index is 0.0812. The van der Waals surface area contributed by atoms with Crippen molar-refractivity contribution in [1.82, 2.24) is 14.9 Å². The Morgan fingerprint density at radius 3 is 2.51 bits per heavy atom. The first kappa shape index (κ1) is 27.3. The van der Waals surface area contributed by atoms with Crippen LogP contribution < -0.4 is 10.6 Å². The Labute approximate surface area is 221 Å². The molecule has 1 aliphatic heterocycles. The second-order valence-electron chi connectivity index (χ2n) is 9.30. The molecule has 0 aliphatic carbocycles. The molecular weight excluding hydrogens is 492 g/mol. The van der Waals surface area contributed by atoms with Crippen molar-refractivity contribution < 1.29 is 18.7 Å². The van der Waals surface area contributed by atoms with Crippen LogP contribution >= 0.6 is 11.9 Å². The van der Waals surface area contributed by atoms with Crippen molar-refractivity contribution in [3.05, 3.63) is 100 Å². The van der Waals surface area contributed by atoms with Crippen LogP contribution in [0.3, 0.4) is 0 Å². The number of carbonyl (C=O) groups excluding carboxylic acids is 1. The Kier molecular flexibility index (Phi) is 9.32. The molecule has 8 heteroatoms. The predicted octanol–water partition coefficient (Wildman–Crippen LogP) is 4.86. The third-order valence-electron chi connectivity index (χ3n) is 6.50. The molecule has 0 fully saturated rings. The summed E-state index contributed by atoms with van der Waals surface area (Å²) in [4.78, 5) is 14.2. The van der Waals surface area contributed by atoms with Crippen molar-refractivity contribution in [2.75, 3.05) is 13.1 Å². The highest BCUT2D eigenvalue weighted by Gasteiger charge is 2.25. The lowest BCUT2D eigenvalue weighted by atomic mass is 9.99. The Morgan fingerprint density at radius 2 is 1.78 bits per heavy atom. The Bertz CT molecular complexity index is 1220. The monoisotopic (exact) mass is 525 g/mol. The number of nitrogens with one attached hydrogen (secondary N) is 2. The molecule has 3 N–H and O–H groups in total. The van der Waals surface area contributed by atoms with Gasteiger partial charge in [-0.1, -0.05) is 44.2 Å². The number of aliphatic hydroxyl groups excluding tert-OH is 1. The van der Waals surface area contributed by atoms with E-state index in [0.29, 0.717) is 17.7 Å². The lowest BCUT2D eigenvalue weighted by Gasteiger charge is -2.25. The number of fused-ring (bicyclic) bond motifs is 1. The van der Waals surface area contributed by atoms with Crippen LogP contribution in [0.2, 0.25) is 0 Å². The first-order valence-electron chi connectivity index (χ1n) is 12.6. The van der Waals surface area contributed by atoms with E-state index in [1.807, 2.05) is 24.3 Å². The molecule has 3 aromatic carbocycles. The zero-order valence-corrected chi connectivity index (χ0v) is 22.0. The molecule has 0 saturated carbocycles. The van der Waals surface area contributed by atoms with Crippen LogP contribution in [-0.4, -0.2) is 40.6 Å². The van der Waals surface area contributed by atoms with Gasteiger partial charge in [-0.3, -0.25) is 4.79 Å². The zero-order chi connectivity index (χ0) is 26.4. The van der Waals surface area contributed by atoms with Gasteiger partial charge in [-0.05, 0) is 71.3 Å². The van der Waals surface area contributed by atoms with Gasteiger partial charge in [0.15, 0.2) is 0 Å². The van der Waals surface area contributed by atoms with E-state index in [1.54, 1.807) is 18.0 Å². The van der Waals surface area contributed by atoms with Crippen molar-refractivity contribution >= 4 is 17.9 Å². The van der Waals surface area contributed by atoms with Gasteiger partial charge in [-0.15, -0.1) is 0 Å². The maximum atomic E-state index is 13.8. The first-order valence-corrected chi connectivity index (χ1v) is 13.4. The molecular formula is C29H33F2N3O2S. The largest absolute Gasteiger partial charge is 0.390 e. The maximum Gasteiger partial charge on any atom is 0.251 e. The second kappa shape index (κ2) is 12.6. The van der Waals surface area contributed by atoms with Gasteiger partial charge in [0.25, 0.3) is 5.91 Å². The van der Waals surface area contributed by atoms with Crippen LogP contribution in [0, 0.1) is 11.6 Å². The van der Waals surface area contributed by atoms with Crippen molar-refractivity contribution in [2.45, 2.75) is 56.8 Å². The molecule has 2 atom stereocenters. The van der Waals surface area contributed by atoms with Crippen LogP contribution in [0.15, 0.2) is 65.6 Å². The molecule has 196 valence electrons. The van der Waals surface area contributed by atoms with Gasteiger partial charge < -0.3 is 15.7 Å². The first-order chi connectivity index (χ1) is 17.8.